The molecule has 0 amide bonds. The van der Waals surface area contributed by atoms with E-state index in [1.54, 1.807) is 19.0 Å². The predicted octanol–water partition coefficient (Wildman–Crippen LogP) is 1.28. The zero-order chi connectivity index (χ0) is 15.4. The molecule has 1 aliphatic rings. The molecule has 1 aliphatic heterocycles. The minimum absolute atomic E-state index is 0.275. The highest BCUT2D eigenvalue weighted by molar-refractivity contribution is 6.45. The van der Waals surface area contributed by atoms with Crippen LogP contribution in [0.1, 0.15) is 11.6 Å². The molecule has 1 aromatic rings. The van der Waals surface area contributed by atoms with Gasteiger partial charge >= 0.3 is 13.0 Å². The molecule has 0 bridgehead atoms. The average Bonchev–Trinajstić information content (AvgIpc) is 2.49. The van der Waals surface area contributed by atoms with Gasteiger partial charge in [0.2, 0.25) is 0 Å². The van der Waals surface area contributed by atoms with Crippen molar-refractivity contribution in [3.05, 3.63) is 34.9 Å². The Balaban J connectivity index is 2.14. The highest BCUT2D eigenvalue weighted by Gasteiger charge is 2.32. The molecule has 0 aliphatic carbocycles. The second-order valence-electron chi connectivity index (χ2n) is 5.18. The fraction of sp³-hybridized carbons (Fsp3) is 0.500. The smallest absolute Gasteiger partial charge is 0.376 e. The lowest BCUT2D eigenvalue weighted by Gasteiger charge is -2.38. The third kappa shape index (κ3) is 3.98. The van der Waals surface area contributed by atoms with E-state index in [0.29, 0.717) is 18.1 Å². The minimum Gasteiger partial charge on any atom is -0.468 e. The molecule has 7 heteroatoms. The molecule has 1 saturated heterocycles. The summed E-state index contributed by atoms with van der Waals surface area (Å²) in [5.41, 5.74) is 0.872. The van der Waals surface area contributed by atoms with Gasteiger partial charge in [-0.15, -0.1) is 0 Å². The average molecular weight is 311 g/mol. The fourth-order valence-corrected chi connectivity index (χ4v) is 2.75. The summed E-state index contributed by atoms with van der Waals surface area (Å²) in [4.78, 5) is 16.2. The molecular formula is C14H20BClN2O3. The first-order chi connectivity index (χ1) is 10.0. The third-order valence-electron chi connectivity index (χ3n) is 3.85. The van der Waals surface area contributed by atoms with Gasteiger partial charge in [-0.25, -0.2) is 4.79 Å². The summed E-state index contributed by atoms with van der Waals surface area (Å²) >= 11 is 5.91. The van der Waals surface area contributed by atoms with Gasteiger partial charge in [0.1, 0.15) is 6.04 Å². The SMILES string of the molecule is COC(=O)C(c1ccc(Cl)cc1)N1CCN(B(C)O)CC1. The summed E-state index contributed by atoms with van der Waals surface area (Å²) < 4.78 is 4.95. The van der Waals surface area contributed by atoms with E-state index >= 15 is 0 Å². The Kier molecular flexibility index (Phi) is 5.64. The van der Waals surface area contributed by atoms with Gasteiger partial charge in [-0.1, -0.05) is 23.7 Å². The first-order valence-electron chi connectivity index (χ1n) is 7.02. The van der Waals surface area contributed by atoms with Crippen molar-refractivity contribution in [1.82, 2.24) is 9.71 Å². The lowest BCUT2D eigenvalue weighted by molar-refractivity contribution is -0.147. The largest absolute Gasteiger partial charge is 0.468 e. The van der Waals surface area contributed by atoms with Crippen LogP contribution in [0.15, 0.2) is 24.3 Å². The maximum atomic E-state index is 12.2. The Morgan fingerprint density at radius 2 is 1.86 bits per heavy atom. The minimum atomic E-state index is -0.459. The summed E-state index contributed by atoms with van der Waals surface area (Å²) in [6.45, 7) is 4.60. The molecule has 1 unspecified atom stereocenters. The van der Waals surface area contributed by atoms with Gasteiger partial charge in [-0.3, -0.25) is 4.90 Å². The maximum absolute atomic E-state index is 12.2. The molecule has 2 rings (SSSR count). The number of carbonyl (C=O) groups is 1. The molecule has 0 spiro atoms. The van der Waals surface area contributed by atoms with Crippen LogP contribution in [0.5, 0.6) is 0 Å². The normalized spacial score (nSPS) is 18.3. The predicted molar refractivity (Wildman–Crippen MR) is 83.2 cm³/mol. The van der Waals surface area contributed by atoms with Gasteiger partial charge in [0.15, 0.2) is 0 Å². The molecule has 21 heavy (non-hydrogen) atoms. The monoisotopic (exact) mass is 310 g/mol. The number of hydrogen-bond acceptors (Lipinski definition) is 5. The van der Waals surface area contributed by atoms with E-state index in [4.69, 9.17) is 16.3 Å². The Bertz CT molecular complexity index is 476. The first kappa shape index (κ1) is 16.3. The number of hydrogen-bond donors (Lipinski definition) is 1. The molecule has 0 saturated carbocycles. The first-order valence-corrected chi connectivity index (χ1v) is 7.40. The van der Waals surface area contributed by atoms with Gasteiger partial charge in [-0.2, -0.15) is 0 Å². The zero-order valence-corrected chi connectivity index (χ0v) is 13.1. The molecule has 1 fully saturated rings. The summed E-state index contributed by atoms with van der Waals surface area (Å²) in [5.74, 6) is -0.275. The number of methoxy groups -OCH3 is 1. The maximum Gasteiger partial charge on any atom is 0.376 e. The van der Waals surface area contributed by atoms with Crippen molar-refractivity contribution in [3.8, 4) is 0 Å². The van der Waals surface area contributed by atoms with Crippen LogP contribution in [0.25, 0.3) is 0 Å². The second-order valence-corrected chi connectivity index (χ2v) is 5.62. The number of rotatable bonds is 4. The molecule has 0 radical (unpaired) electrons. The van der Waals surface area contributed by atoms with E-state index in [9.17, 15) is 9.82 Å². The van der Waals surface area contributed by atoms with Crippen LogP contribution in [0.4, 0.5) is 0 Å². The van der Waals surface area contributed by atoms with E-state index in [-0.39, 0.29) is 5.97 Å². The Labute approximate surface area is 130 Å². The topological polar surface area (TPSA) is 53.0 Å². The highest BCUT2D eigenvalue weighted by Crippen LogP contribution is 2.25. The van der Waals surface area contributed by atoms with Crippen LogP contribution in [-0.4, -0.2) is 61.0 Å². The number of benzene rings is 1. The van der Waals surface area contributed by atoms with Gasteiger partial charge in [0, 0.05) is 31.2 Å². The van der Waals surface area contributed by atoms with Crippen LogP contribution in [0.3, 0.4) is 0 Å². The lowest BCUT2D eigenvalue weighted by atomic mass is 9.84. The van der Waals surface area contributed by atoms with Crippen LogP contribution in [0, 0.1) is 0 Å². The molecule has 1 atom stereocenters. The Hall–Kier alpha value is -1.08. The third-order valence-corrected chi connectivity index (χ3v) is 4.10. The van der Waals surface area contributed by atoms with E-state index in [1.807, 2.05) is 16.9 Å². The quantitative estimate of drug-likeness (QED) is 0.671. The van der Waals surface area contributed by atoms with Gasteiger partial charge < -0.3 is 14.6 Å². The number of ether oxygens (including phenoxy) is 1. The van der Waals surface area contributed by atoms with Crippen molar-refractivity contribution in [3.63, 3.8) is 0 Å². The van der Waals surface area contributed by atoms with Crippen molar-refractivity contribution < 1.29 is 14.6 Å². The molecule has 0 aromatic heterocycles. The van der Waals surface area contributed by atoms with Crippen molar-refractivity contribution >= 4 is 24.6 Å². The Morgan fingerprint density at radius 1 is 1.29 bits per heavy atom. The Morgan fingerprint density at radius 3 is 2.33 bits per heavy atom. The van der Waals surface area contributed by atoms with Gasteiger partial charge in [-0.05, 0) is 24.5 Å². The van der Waals surface area contributed by atoms with Crippen molar-refractivity contribution in [2.24, 2.45) is 0 Å². The van der Waals surface area contributed by atoms with E-state index in [0.717, 1.165) is 18.7 Å². The summed E-state index contributed by atoms with van der Waals surface area (Å²) in [6.07, 6.45) is 0. The summed E-state index contributed by atoms with van der Waals surface area (Å²) in [7, 11) is 0.941. The number of carbonyl (C=O) groups excluding carboxylic acids is 1. The van der Waals surface area contributed by atoms with Crippen LogP contribution >= 0.6 is 11.6 Å². The second kappa shape index (κ2) is 7.27. The molecule has 1 N–H and O–H groups in total. The van der Waals surface area contributed by atoms with E-state index in [1.165, 1.54) is 7.11 Å². The van der Waals surface area contributed by atoms with Crippen molar-refractivity contribution in [1.29, 1.82) is 0 Å². The van der Waals surface area contributed by atoms with Crippen LogP contribution < -0.4 is 0 Å². The van der Waals surface area contributed by atoms with E-state index in [2.05, 4.69) is 4.90 Å². The van der Waals surface area contributed by atoms with Crippen LogP contribution in [-0.2, 0) is 9.53 Å². The molecule has 114 valence electrons. The number of halogens is 1. The molecular weight excluding hydrogens is 290 g/mol. The molecule has 1 heterocycles. The fourth-order valence-electron chi connectivity index (χ4n) is 2.62. The van der Waals surface area contributed by atoms with E-state index < -0.39 is 13.1 Å². The molecule has 1 aromatic carbocycles. The number of esters is 1. The van der Waals surface area contributed by atoms with Crippen molar-refractivity contribution in [2.45, 2.75) is 12.9 Å². The van der Waals surface area contributed by atoms with Gasteiger partial charge in [0.05, 0.1) is 7.11 Å². The lowest BCUT2D eigenvalue weighted by Crippen LogP contribution is -2.53. The summed E-state index contributed by atoms with van der Waals surface area (Å²) in [6, 6.07) is 6.83. The highest BCUT2D eigenvalue weighted by atomic mass is 35.5. The molecule has 5 nitrogen and oxygen atoms in total. The number of nitrogens with zero attached hydrogens (tertiary/aromatic N) is 2. The number of piperazine rings is 1. The summed E-state index contributed by atoms with van der Waals surface area (Å²) in [5, 5.41) is 10.2. The van der Waals surface area contributed by atoms with Gasteiger partial charge in [0.25, 0.3) is 0 Å². The standard InChI is InChI=1S/C14H20BClN2O3/c1-15(20)18-9-7-17(8-10-18)13(14(19)21-2)11-3-5-12(16)6-4-11/h3-6,13,20H,7-10H2,1-2H3. The van der Waals surface area contributed by atoms with Crippen molar-refractivity contribution in [2.75, 3.05) is 33.3 Å². The zero-order valence-electron chi connectivity index (χ0n) is 12.3. The van der Waals surface area contributed by atoms with Crippen LogP contribution in [0.2, 0.25) is 11.8 Å².